The van der Waals surface area contributed by atoms with Crippen LogP contribution in [0.15, 0.2) is 55.6 Å². The second kappa shape index (κ2) is 11.6. The summed E-state index contributed by atoms with van der Waals surface area (Å²) in [6.07, 6.45) is 4.39. The van der Waals surface area contributed by atoms with Crippen LogP contribution in [0.3, 0.4) is 0 Å². The average molecular weight is 605 g/mol. The van der Waals surface area contributed by atoms with E-state index < -0.39 is 28.7 Å². The molecule has 3 amide bonds. The number of aliphatic hydroxyl groups is 1. The molecule has 3 heterocycles. The fourth-order valence-electron chi connectivity index (χ4n) is 6.55. The van der Waals surface area contributed by atoms with E-state index in [-0.39, 0.29) is 40.4 Å². The normalized spacial score (nSPS) is 30.3. The van der Waals surface area contributed by atoms with Gasteiger partial charge >= 0.3 is 0 Å². The van der Waals surface area contributed by atoms with Gasteiger partial charge in [0, 0.05) is 36.3 Å². The number of aliphatic hydroxyl groups excluding tert-OH is 1. The average Bonchev–Trinajstić information content (AvgIpc) is 3.49. The van der Waals surface area contributed by atoms with E-state index >= 15 is 0 Å². The first-order chi connectivity index (χ1) is 18.1. The van der Waals surface area contributed by atoms with Crippen LogP contribution in [0.25, 0.3) is 0 Å². The molecule has 0 aromatic heterocycles. The van der Waals surface area contributed by atoms with Gasteiger partial charge in [-0.05, 0) is 32.3 Å². The maximum atomic E-state index is 14.4. The Morgan fingerprint density at radius 2 is 1.87 bits per heavy atom. The minimum absolute atomic E-state index is 0.00788. The van der Waals surface area contributed by atoms with Gasteiger partial charge in [0.1, 0.15) is 6.04 Å². The Labute approximate surface area is 238 Å². The first-order valence-corrected chi connectivity index (χ1v) is 15.0. The fraction of sp³-hybridized carbons (Fsp3) is 0.552. The zero-order chi connectivity index (χ0) is 27.8. The summed E-state index contributed by atoms with van der Waals surface area (Å²) in [6, 6.07) is 8.21. The van der Waals surface area contributed by atoms with Crippen LogP contribution in [-0.4, -0.2) is 97.2 Å². The summed E-state index contributed by atoms with van der Waals surface area (Å²) in [4.78, 5) is 47.6. The third kappa shape index (κ3) is 4.75. The molecule has 3 aliphatic heterocycles. The van der Waals surface area contributed by atoms with E-state index in [0.29, 0.717) is 25.9 Å². The molecule has 7 nitrogen and oxygen atoms in total. The van der Waals surface area contributed by atoms with Crippen molar-refractivity contribution in [1.82, 2.24) is 14.7 Å². The maximum absolute atomic E-state index is 14.4. The van der Waals surface area contributed by atoms with Crippen LogP contribution >= 0.6 is 27.7 Å². The largest absolute Gasteiger partial charge is 0.394 e. The maximum Gasteiger partial charge on any atom is 0.247 e. The van der Waals surface area contributed by atoms with Crippen molar-refractivity contribution in [2.45, 2.75) is 59.6 Å². The van der Waals surface area contributed by atoms with Crippen LogP contribution in [-0.2, 0) is 20.8 Å². The number of carbonyl (C=O) groups excluding carboxylic acids is 3. The van der Waals surface area contributed by atoms with Crippen LogP contribution in [0.2, 0.25) is 0 Å². The summed E-state index contributed by atoms with van der Waals surface area (Å²) in [6.45, 7) is 12.0. The Morgan fingerprint density at radius 1 is 1.21 bits per heavy atom. The number of thioether (sulfide) groups is 1. The van der Waals surface area contributed by atoms with E-state index in [9.17, 15) is 19.5 Å². The van der Waals surface area contributed by atoms with E-state index in [1.54, 1.807) is 45.7 Å². The Hall–Kier alpha value is -2.10. The van der Waals surface area contributed by atoms with E-state index in [0.717, 1.165) is 5.56 Å². The number of nitrogens with zero attached hydrogens (tertiary/aromatic N) is 3. The molecule has 3 aliphatic rings. The van der Waals surface area contributed by atoms with Gasteiger partial charge in [0.15, 0.2) is 0 Å². The third-order valence-corrected chi connectivity index (χ3v) is 11.4. The Balaban J connectivity index is 1.82. The molecule has 1 N–H and O–H groups in total. The fourth-order valence-corrected chi connectivity index (χ4v) is 10.1. The molecular formula is C29H38BrN3O4S. The number of hydrogen-bond acceptors (Lipinski definition) is 5. The van der Waals surface area contributed by atoms with E-state index in [2.05, 4.69) is 29.1 Å². The molecule has 3 fully saturated rings. The van der Waals surface area contributed by atoms with Crippen molar-refractivity contribution in [2.24, 2.45) is 11.8 Å². The van der Waals surface area contributed by atoms with Crippen molar-refractivity contribution in [2.75, 3.05) is 26.7 Å². The minimum Gasteiger partial charge on any atom is -0.394 e. The molecule has 0 saturated carbocycles. The zero-order valence-electron chi connectivity index (χ0n) is 22.3. The minimum atomic E-state index is -0.791. The van der Waals surface area contributed by atoms with E-state index in [1.165, 1.54) is 0 Å². The highest BCUT2D eigenvalue weighted by atomic mass is 79.9. The van der Waals surface area contributed by atoms with Crippen molar-refractivity contribution in [3.63, 3.8) is 0 Å². The topological polar surface area (TPSA) is 81.2 Å². The van der Waals surface area contributed by atoms with Crippen molar-refractivity contribution in [1.29, 1.82) is 0 Å². The quantitative estimate of drug-likeness (QED) is 0.310. The van der Waals surface area contributed by atoms with Crippen molar-refractivity contribution in [3.8, 4) is 0 Å². The third-order valence-electron chi connectivity index (χ3n) is 8.18. The van der Waals surface area contributed by atoms with Crippen molar-refractivity contribution < 1.29 is 19.5 Å². The molecule has 2 bridgehead atoms. The summed E-state index contributed by atoms with van der Waals surface area (Å²) in [5.74, 6) is -1.65. The van der Waals surface area contributed by atoms with Crippen LogP contribution in [0.1, 0.15) is 25.8 Å². The second-order valence-corrected chi connectivity index (χ2v) is 13.5. The summed E-state index contributed by atoms with van der Waals surface area (Å²) in [7, 11) is 1.73. The molecule has 4 rings (SSSR count). The number of amides is 3. The number of hydrogen-bond donors (Lipinski definition) is 1. The summed E-state index contributed by atoms with van der Waals surface area (Å²) in [5, 5.41) is 10.5. The van der Waals surface area contributed by atoms with Crippen LogP contribution in [0, 0.1) is 11.8 Å². The molecule has 0 radical (unpaired) electrons. The van der Waals surface area contributed by atoms with E-state index in [1.807, 2.05) is 44.2 Å². The second-order valence-electron chi connectivity index (χ2n) is 10.8. The van der Waals surface area contributed by atoms with Crippen LogP contribution in [0.4, 0.5) is 0 Å². The first-order valence-electron chi connectivity index (χ1n) is 13.2. The lowest BCUT2D eigenvalue weighted by molar-refractivity contribution is -0.147. The lowest BCUT2D eigenvalue weighted by atomic mass is 9.70. The molecular weight excluding hydrogens is 566 g/mol. The van der Waals surface area contributed by atoms with Gasteiger partial charge < -0.3 is 19.8 Å². The lowest BCUT2D eigenvalue weighted by Gasteiger charge is -2.41. The standard InChI is InChI=1S/C29H38BrN3O4S/c1-6-13-31(5)26(35)22-23-27(36)33(20(17-34)15-19-11-9-8-10-12-19)25(28(37)32(14-7-2)18(3)4)29(23)16-21(30)24(22)38-29/h6-12,18,20-25,34H,1-2,13-17H2,3-5H3/t20-,21?,22+,23+,24+,25?,29?/m1/s1. The number of alkyl halides is 1. The van der Waals surface area contributed by atoms with Gasteiger partial charge in [0.25, 0.3) is 0 Å². The van der Waals surface area contributed by atoms with E-state index in [4.69, 9.17) is 0 Å². The Kier molecular flexibility index (Phi) is 8.79. The van der Waals surface area contributed by atoms with Crippen LogP contribution < -0.4 is 0 Å². The Morgan fingerprint density at radius 3 is 2.45 bits per heavy atom. The molecule has 206 valence electrons. The highest BCUT2D eigenvalue weighted by Gasteiger charge is 2.76. The zero-order valence-corrected chi connectivity index (χ0v) is 24.7. The number of rotatable bonds is 11. The SMILES string of the molecule is C=CCN(C)C(=O)[C@H]1[C@H]2C(=O)N([C@@H](CO)Cc3ccccc3)C(C(=O)N(CC=C)C(C)C)C23CC(Br)[C@@H]1S3. The number of halogens is 1. The predicted molar refractivity (Wildman–Crippen MR) is 155 cm³/mol. The van der Waals surface area contributed by atoms with Gasteiger partial charge in [-0.15, -0.1) is 24.9 Å². The molecule has 38 heavy (non-hydrogen) atoms. The summed E-state index contributed by atoms with van der Waals surface area (Å²) >= 11 is 5.43. The van der Waals surface area contributed by atoms with Gasteiger partial charge in [0.2, 0.25) is 17.7 Å². The van der Waals surface area contributed by atoms with Crippen molar-refractivity contribution >= 4 is 45.4 Å². The highest BCUT2D eigenvalue weighted by molar-refractivity contribution is 9.09. The first kappa shape index (κ1) is 28.9. The molecule has 7 atom stereocenters. The molecule has 3 saturated heterocycles. The molecule has 1 aromatic rings. The smallest absolute Gasteiger partial charge is 0.247 e. The van der Waals surface area contributed by atoms with Crippen LogP contribution in [0.5, 0.6) is 0 Å². The van der Waals surface area contributed by atoms with Gasteiger partial charge in [-0.1, -0.05) is 58.4 Å². The predicted octanol–water partition coefficient (Wildman–Crippen LogP) is 3.12. The number of benzene rings is 1. The number of likely N-dealkylation sites (tertiary alicyclic amines) is 1. The summed E-state index contributed by atoms with van der Waals surface area (Å²) in [5.41, 5.74) is 0.973. The molecule has 1 spiro atoms. The highest BCUT2D eigenvalue weighted by Crippen LogP contribution is 2.68. The van der Waals surface area contributed by atoms with Crippen molar-refractivity contribution in [3.05, 3.63) is 61.2 Å². The number of carbonyl (C=O) groups is 3. The number of likely N-dealkylation sites (N-methyl/N-ethyl adjacent to an activating group) is 1. The Bertz CT molecular complexity index is 1080. The van der Waals surface area contributed by atoms with Gasteiger partial charge in [-0.2, -0.15) is 0 Å². The number of fused-ring (bicyclic) bond motifs is 1. The molecule has 0 aliphatic carbocycles. The lowest BCUT2D eigenvalue weighted by Crippen LogP contribution is -2.59. The van der Waals surface area contributed by atoms with Gasteiger partial charge in [0.05, 0.1) is 29.2 Å². The molecule has 9 heteroatoms. The van der Waals surface area contributed by atoms with Gasteiger partial charge in [-0.3, -0.25) is 14.4 Å². The monoisotopic (exact) mass is 603 g/mol. The van der Waals surface area contributed by atoms with Gasteiger partial charge in [-0.25, -0.2) is 0 Å². The summed E-state index contributed by atoms with van der Waals surface area (Å²) < 4.78 is -0.763. The molecule has 3 unspecified atom stereocenters. The molecule has 1 aromatic carbocycles.